The monoisotopic (exact) mass is 377 g/mol. The van der Waals surface area contributed by atoms with Crippen LogP contribution in [0, 0.1) is 0 Å². The lowest BCUT2D eigenvalue weighted by molar-refractivity contribution is 0.0601. The molecule has 0 aliphatic rings. The van der Waals surface area contributed by atoms with Gasteiger partial charge in [0.15, 0.2) is 6.29 Å². The first-order valence-electron chi connectivity index (χ1n) is 8.56. The maximum atomic E-state index is 12.3. The van der Waals surface area contributed by atoms with Crippen LogP contribution in [0.3, 0.4) is 0 Å². The molecular formula is C22H19NO5. The van der Waals surface area contributed by atoms with Gasteiger partial charge in [-0.15, -0.1) is 0 Å². The molecule has 0 fully saturated rings. The molecule has 0 saturated heterocycles. The van der Waals surface area contributed by atoms with E-state index in [1.165, 1.54) is 14.2 Å². The number of aromatic nitrogens is 1. The van der Waals surface area contributed by atoms with Gasteiger partial charge >= 0.3 is 5.97 Å². The van der Waals surface area contributed by atoms with E-state index >= 15 is 0 Å². The Morgan fingerprint density at radius 1 is 1.00 bits per heavy atom. The van der Waals surface area contributed by atoms with Gasteiger partial charge in [0, 0.05) is 11.6 Å². The molecule has 0 saturated carbocycles. The lowest BCUT2D eigenvalue weighted by Gasteiger charge is -2.13. The number of rotatable bonds is 7. The quantitative estimate of drug-likeness (QED) is 0.459. The van der Waals surface area contributed by atoms with Crippen LogP contribution in [0.15, 0.2) is 60.7 Å². The molecule has 0 aliphatic carbocycles. The van der Waals surface area contributed by atoms with Crippen LogP contribution in [0.25, 0.3) is 11.1 Å². The summed E-state index contributed by atoms with van der Waals surface area (Å²) in [4.78, 5) is 28.0. The fraction of sp³-hybridized carbons (Fsp3) is 0.136. The van der Waals surface area contributed by atoms with Gasteiger partial charge in [-0.05, 0) is 35.4 Å². The largest absolute Gasteiger partial charge is 0.489 e. The molecule has 0 amide bonds. The molecule has 1 heterocycles. The zero-order chi connectivity index (χ0) is 19.9. The number of ether oxygens (including phenoxy) is 3. The van der Waals surface area contributed by atoms with Crippen LogP contribution in [-0.4, -0.2) is 31.5 Å². The van der Waals surface area contributed by atoms with Gasteiger partial charge in [0.2, 0.25) is 5.88 Å². The molecule has 0 aliphatic heterocycles. The van der Waals surface area contributed by atoms with E-state index in [-0.39, 0.29) is 11.3 Å². The average molecular weight is 377 g/mol. The van der Waals surface area contributed by atoms with Crippen molar-refractivity contribution in [2.24, 2.45) is 0 Å². The second-order valence-electron chi connectivity index (χ2n) is 5.88. The van der Waals surface area contributed by atoms with Crippen LogP contribution >= 0.6 is 0 Å². The molecule has 6 nitrogen and oxygen atoms in total. The van der Waals surface area contributed by atoms with Crippen LogP contribution in [0.4, 0.5) is 0 Å². The van der Waals surface area contributed by atoms with Gasteiger partial charge < -0.3 is 14.2 Å². The van der Waals surface area contributed by atoms with E-state index in [0.29, 0.717) is 35.6 Å². The lowest BCUT2D eigenvalue weighted by Crippen LogP contribution is -2.06. The summed E-state index contributed by atoms with van der Waals surface area (Å²) in [6.45, 7) is 0.366. The van der Waals surface area contributed by atoms with Crippen molar-refractivity contribution in [2.75, 3.05) is 14.2 Å². The summed E-state index contributed by atoms with van der Waals surface area (Å²) in [5.74, 6) is 0.295. The highest BCUT2D eigenvalue weighted by Gasteiger charge is 2.18. The Hall–Kier alpha value is -3.67. The second-order valence-corrected chi connectivity index (χ2v) is 5.88. The number of methoxy groups -OCH3 is 2. The molecule has 3 rings (SSSR count). The zero-order valence-electron chi connectivity index (χ0n) is 15.5. The van der Waals surface area contributed by atoms with Gasteiger partial charge in [-0.25, -0.2) is 9.78 Å². The van der Waals surface area contributed by atoms with E-state index in [4.69, 9.17) is 14.2 Å². The Kier molecular flexibility index (Phi) is 6.01. The summed E-state index contributed by atoms with van der Waals surface area (Å²) in [7, 11) is 2.77. The van der Waals surface area contributed by atoms with Crippen molar-refractivity contribution >= 4 is 12.3 Å². The third-order valence-electron chi connectivity index (χ3n) is 4.15. The van der Waals surface area contributed by atoms with E-state index in [1.807, 2.05) is 30.3 Å². The van der Waals surface area contributed by atoms with Crippen LogP contribution in [-0.2, 0) is 11.3 Å². The van der Waals surface area contributed by atoms with Gasteiger partial charge in [-0.1, -0.05) is 30.3 Å². The number of carbonyl (C=O) groups is 2. The Labute approximate surface area is 162 Å². The molecule has 0 radical (unpaired) electrons. The molecule has 28 heavy (non-hydrogen) atoms. The number of benzene rings is 2. The second kappa shape index (κ2) is 8.81. The SMILES string of the molecule is COC(=O)c1cc(OCc2ccccc2)ccc1-c1ccc(OC)nc1C=O. The van der Waals surface area contributed by atoms with Crippen molar-refractivity contribution in [1.29, 1.82) is 0 Å². The topological polar surface area (TPSA) is 74.7 Å². The number of aldehydes is 1. The van der Waals surface area contributed by atoms with Crippen molar-refractivity contribution in [3.8, 4) is 22.8 Å². The van der Waals surface area contributed by atoms with Crippen LogP contribution in [0.5, 0.6) is 11.6 Å². The Bertz CT molecular complexity index is 985. The Morgan fingerprint density at radius 2 is 1.75 bits per heavy atom. The highest BCUT2D eigenvalue weighted by Crippen LogP contribution is 2.31. The third-order valence-corrected chi connectivity index (χ3v) is 4.15. The number of hydrogen-bond donors (Lipinski definition) is 0. The van der Waals surface area contributed by atoms with Crippen molar-refractivity contribution < 1.29 is 23.8 Å². The fourth-order valence-corrected chi connectivity index (χ4v) is 2.76. The smallest absolute Gasteiger partial charge is 0.338 e. The predicted octanol–water partition coefficient (Wildman–Crippen LogP) is 3.94. The first-order valence-corrected chi connectivity index (χ1v) is 8.56. The molecule has 1 aromatic heterocycles. The number of nitrogens with zero attached hydrogens (tertiary/aromatic N) is 1. The maximum Gasteiger partial charge on any atom is 0.338 e. The normalized spacial score (nSPS) is 10.2. The molecule has 6 heteroatoms. The number of esters is 1. The van der Waals surface area contributed by atoms with E-state index < -0.39 is 5.97 Å². The van der Waals surface area contributed by atoms with Gasteiger partial charge in [0.1, 0.15) is 18.1 Å². The lowest BCUT2D eigenvalue weighted by atomic mass is 9.98. The average Bonchev–Trinajstić information content (AvgIpc) is 2.77. The molecule has 0 spiro atoms. The van der Waals surface area contributed by atoms with Crippen LogP contribution in [0.1, 0.15) is 26.4 Å². The molecular weight excluding hydrogens is 358 g/mol. The summed E-state index contributed by atoms with van der Waals surface area (Å²) in [6.07, 6.45) is 0.624. The Morgan fingerprint density at radius 3 is 2.43 bits per heavy atom. The first kappa shape index (κ1) is 19.1. The molecule has 142 valence electrons. The maximum absolute atomic E-state index is 12.3. The van der Waals surface area contributed by atoms with E-state index in [9.17, 15) is 9.59 Å². The minimum Gasteiger partial charge on any atom is -0.489 e. The molecule has 0 unspecified atom stereocenters. The summed E-state index contributed by atoms with van der Waals surface area (Å²) >= 11 is 0. The predicted molar refractivity (Wildman–Crippen MR) is 104 cm³/mol. The minimum absolute atomic E-state index is 0.169. The van der Waals surface area contributed by atoms with E-state index in [1.54, 1.807) is 30.3 Å². The number of carbonyl (C=O) groups excluding carboxylic acids is 2. The minimum atomic E-state index is -0.534. The highest BCUT2D eigenvalue weighted by molar-refractivity contribution is 6.00. The summed E-state index contributed by atoms with van der Waals surface area (Å²) < 4.78 is 15.8. The van der Waals surface area contributed by atoms with Crippen molar-refractivity contribution in [3.63, 3.8) is 0 Å². The number of hydrogen-bond acceptors (Lipinski definition) is 6. The standard InChI is InChI=1S/C22H19NO5/c1-26-21-11-10-18(20(13-24)23-21)17-9-8-16(12-19(17)22(25)27-2)28-14-15-6-4-3-5-7-15/h3-13H,14H2,1-2H3. The van der Waals surface area contributed by atoms with Gasteiger partial charge in [-0.3, -0.25) is 4.79 Å². The Balaban J connectivity index is 1.98. The molecule has 2 aromatic carbocycles. The highest BCUT2D eigenvalue weighted by atomic mass is 16.5. The van der Waals surface area contributed by atoms with Crippen molar-refractivity contribution in [2.45, 2.75) is 6.61 Å². The summed E-state index contributed by atoms with van der Waals surface area (Å²) in [5, 5.41) is 0. The fourth-order valence-electron chi connectivity index (χ4n) is 2.76. The van der Waals surface area contributed by atoms with Crippen molar-refractivity contribution in [3.05, 3.63) is 77.5 Å². The van der Waals surface area contributed by atoms with Gasteiger partial charge in [-0.2, -0.15) is 0 Å². The van der Waals surface area contributed by atoms with E-state index in [0.717, 1.165) is 5.56 Å². The molecule has 0 bridgehead atoms. The van der Waals surface area contributed by atoms with Crippen LogP contribution in [0.2, 0.25) is 0 Å². The van der Waals surface area contributed by atoms with Gasteiger partial charge in [0.25, 0.3) is 0 Å². The van der Waals surface area contributed by atoms with Crippen molar-refractivity contribution in [1.82, 2.24) is 4.98 Å². The van der Waals surface area contributed by atoms with Crippen LogP contribution < -0.4 is 9.47 Å². The number of pyridine rings is 1. The summed E-state index contributed by atoms with van der Waals surface area (Å²) in [6, 6.07) is 18.1. The summed E-state index contributed by atoms with van der Waals surface area (Å²) in [5.41, 5.74) is 2.49. The van der Waals surface area contributed by atoms with Gasteiger partial charge in [0.05, 0.1) is 19.8 Å². The molecule has 0 atom stereocenters. The first-order chi connectivity index (χ1) is 13.7. The molecule has 3 aromatic rings. The zero-order valence-corrected chi connectivity index (χ0v) is 15.5. The molecule has 0 N–H and O–H groups in total. The third kappa shape index (κ3) is 4.17. The van der Waals surface area contributed by atoms with E-state index in [2.05, 4.69) is 4.98 Å².